The summed E-state index contributed by atoms with van der Waals surface area (Å²) in [5.74, 6) is -0.260. The van der Waals surface area contributed by atoms with Crippen LogP contribution in [0.1, 0.15) is 6.42 Å². The number of fused-ring (bicyclic) bond motifs is 1. The number of Topliss-reactive ketones (excluding diaryl/α,β-unsaturated/α-hetero) is 1. The highest BCUT2D eigenvalue weighted by atomic mass is 35.5. The van der Waals surface area contributed by atoms with Crippen LogP contribution < -0.4 is 4.90 Å². The van der Waals surface area contributed by atoms with Gasteiger partial charge in [-0.05, 0) is 12.1 Å². The number of ketones is 1. The lowest BCUT2D eigenvalue weighted by Crippen LogP contribution is -2.24. The summed E-state index contributed by atoms with van der Waals surface area (Å²) in [6, 6.07) is 9.04. The van der Waals surface area contributed by atoms with E-state index in [2.05, 4.69) is 4.98 Å². The summed E-state index contributed by atoms with van der Waals surface area (Å²) in [7, 11) is 0. The van der Waals surface area contributed by atoms with Crippen LogP contribution in [0, 0.1) is 0 Å². The molecule has 2 heterocycles. The van der Waals surface area contributed by atoms with E-state index in [9.17, 15) is 9.59 Å². The van der Waals surface area contributed by atoms with Crippen LogP contribution in [0.15, 0.2) is 30.3 Å². The molecule has 0 aliphatic carbocycles. The Morgan fingerprint density at radius 2 is 2.00 bits per heavy atom. The second-order valence-corrected chi connectivity index (χ2v) is 4.56. The first-order valence-corrected chi connectivity index (χ1v) is 5.90. The van der Waals surface area contributed by atoms with Crippen molar-refractivity contribution >= 4 is 39.9 Å². The van der Waals surface area contributed by atoms with E-state index in [1.807, 2.05) is 24.3 Å². The number of nitrogens with zero attached hydrogens (tertiary/aromatic N) is 2. The Balaban J connectivity index is 2.22. The molecule has 1 saturated heterocycles. The Kier molecular flexibility index (Phi) is 2.52. The van der Waals surface area contributed by atoms with E-state index in [-0.39, 0.29) is 24.7 Å². The number of carbonyl (C=O) groups excluding carboxylic acids is 2. The second kappa shape index (κ2) is 4.07. The van der Waals surface area contributed by atoms with Crippen molar-refractivity contribution < 1.29 is 9.59 Å². The van der Waals surface area contributed by atoms with E-state index in [0.29, 0.717) is 16.4 Å². The molecule has 2 aromatic rings. The standard InChI is InChI=1S/C13H9ClN2O2/c14-12-6-11(16-7-8(17)5-13(16)18)9-3-1-2-4-10(9)15-12/h1-4,6H,5,7H2. The quantitative estimate of drug-likeness (QED) is 0.583. The predicted octanol–water partition coefficient (Wildman–Crippen LogP) is 2.19. The van der Waals surface area contributed by atoms with Gasteiger partial charge >= 0.3 is 0 Å². The zero-order valence-electron chi connectivity index (χ0n) is 9.39. The van der Waals surface area contributed by atoms with Gasteiger partial charge < -0.3 is 4.90 Å². The zero-order valence-corrected chi connectivity index (χ0v) is 10.1. The van der Waals surface area contributed by atoms with Gasteiger partial charge in [0, 0.05) is 5.39 Å². The van der Waals surface area contributed by atoms with Crippen molar-refractivity contribution in [1.29, 1.82) is 0 Å². The molecule has 1 aliphatic heterocycles. The summed E-state index contributed by atoms with van der Waals surface area (Å²) >= 11 is 5.95. The zero-order chi connectivity index (χ0) is 12.7. The van der Waals surface area contributed by atoms with Crippen LogP contribution in [-0.4, -0.2) is 23.2 Å². The third-order valence-corrected chi connectivity index (χ3v) is 3.13. The minimum atomic E-state index is -0.188. The van der Waals surface area contributed by atoms with Gasteiger partial charge in [0.1, 0.15) is 5.15 Å². The van der Waals surface area contributed by atoms with Gasteiger partial charge in [-0.2, -0.15) is 0 Å². The van der Waals surface area contributed by atoms with Crippen LogP contribution in [0.25, 0.3) is 10.9 Å². The van der Waals surface area contributed by atoms with Crippen molar-refractivity contribution in [2.24, 2.45) is 0 Å². The van der Waals surface area contributed by atoms with E-state index in [1.165, 1.54) is 4.90 Å². The monoisotopic (exact) mass is 260 g/mol. The molecule has 0 radical (unpaired) electrons. The van der Waals surface area contributed by atoms with Crippen molar-refractivity contribution in [2.45, 2.75) is 6.42 Å². The van der Waals surface area contributed by atoms with Gasteiger partial charge in [0.15, 0.2) is 5.78 Å². The lowest BCUT2D eigenvalue weighted by Gasteiger charge is -2.17. The van der Waals surface area contributed by atoms with Crippen LogP contribution in [0.4, 0.5) is 5.69 Å². The number of para-hydroxylation sites is 1. The molecule has 4 nitrogen and oxygen atoms in total. The van der Waals surface area contributed by atoms with E-state index in [0.717, 1.165) is 5.39 Å². The number of pyridine rings is 1. The van der Waals surface area contributed by atoms with Gasteiger partial charge in [-0.25, -0.2) is 4.98 Å². The predicted molar refractivity (Wildman–Crippen MR) is 68.7 cm³/mol. The number of rotatable bonds is 1. The highest BCUT2D eigenvalue weighted by Crippen LogP contribution is 2.30. The molecule has 0 N–H and O–H groups in total. The first-order chi connectivity index (χ1) is 8.65. The SMILES string of the molecule is O=C1CC(=O)N(c2cc(Cl)nc3ccccc23)C1. The lowest BCUT2D eigenvalue weighted by molar-refractivity contribution is -0.121. The maximum absolute atomic E-state index is 11.8. The van der Waals surface area contributed by atoms with Crippen LogP contribution >= 0.6 is 11.6 Å². The minimum Gasteiger partial charge on any atom is -0.304 e. The Morgan fingerprint density at radius 3 is 2.72 bits per heavy atom. The molecule has 0 unspecified atom stereocenters. The normalized spacial score (nSPS) is 15.7. The lowest BCUT2D eigenvalue weighted by atomic mass is 10.2. The summed E-state index contributed by atoms with van der Waals surface area (Å²) in [5, 5.41) is 1.14. The largest absolute Gasteiger partial charge is 0.304 e. The third-order valence-electron chi connectivity index (χ3n) is 2.94. The van der Waals surface area contributed by atoms with Gasteiger partial charge in [-0.3, -0.25) is 9.59 Å². The van der Waals surface area contributed by atoms with Gasteiger partial charge in [0.25, 0.3) is 0 Å². The molecule has 0 bridgehead atoms. The summed E-state index contributed by atoms with van der Waals surface area (Å²) < 4.78 is 0. The Labute approximate surface area is 108 Å². The molecule has 1 aromatic heterocycles. The van der Waals surface area contributed by atoms with Crippen molar-refractivity contribution in [2.75, 3.05) is 11.4 Å². The van der Waals surface area contributed by atoms with E-state index < -0.39 is 0 Å². The molecule has 18 heavy (non-hydrogen) atoms. The number of hydrogen-bond acceptors (Lipinski definition) is 3. The smallest absolute Gasteiger partial charge is 0.234 e. The summed E-state index contributed by atoms with van der Waals surface area (Å²) in [5.41, 5.74) is 1.37. The Bertz CT molecular complexity index is 669. The number of halogens is 1. The van der Waals surface area contributed by atoms with Gasteiger partial charge in [-0.15, -0.1) is 0 Å². The first kappa shape index (κ1) is 11.2. The van der Waals surface area contributed by atoms with Crippen molar-refractivity contribution in [3.05, 3.63) is 35.5 Å². The molecule has 3 rings (SSSR count). The molecule has 0 saturated carbocycles. The van der Waals surface area contributed by atoms with E-state index in [4.69, 9.17) is 11.6 Å². The summed E-state index contributed by atoms with van der Waals surface area (Å²) in [6.07, 6.45) is -0.0335. The number of benzene rings is 1. The van der Waals surface area contributed by atoms with Crippen LogP contribution in [0.5, 0.6) is 0 Å². The minimum absolute atomic E-state index is 0.0335. The average Bonchev–Trinajstić information content (AvgIpc) is 2.67. The van der Waals surface area contributed by atoms with Crippen molar-refractivity contribution in [3.63, 3.8) is 0 Å². The second-order valence-electron chi connectivity index (χ2n) is 4.18. The Morgan fingerprint density at radius 1 is 1.22 bits per heavy atom. The van der Waals surface area contributed by atoms with Gasteiger partial charge in [0.05, 0.1) is 24.2 Å². The molecule has 1 aliphatic rings. The van der Waals surface area contributed by atoms with Crippen molar-refractivity contribution in [1.82, 2.24) is 4.98 Å². The highest BCUT2D eigenvalue weighted by Gasteiger charge is 2.29. The highest BCUT2D eigenvalue weighted by molar-refractivity contribution is 6.30. The average molecular weight is 261 g/mol. The maximum Gasteiger partial charge on any atom is 0.234 e. The number of hydrogen-bond donors (Lipinski definition) is 0. The van der Waals surface area contributed by atoms with Gasteiger partial charge in [0.2, 0.25) is 5.91 Å². The fraction of sp³-hybridized carbons (Fsp3) is 0.154. The van der Waals surface area contributed by atoms with Crippen LogP contribution in [0.3, 0.4) is 0 Å². The van der Waals surface area contributed by atoms with Crippen LogP contribution in [0.2, 0.25) is 5.15 Å². The molecular weight excluding hydrogens is 252 g/mol. The molecular formula is C13H9ClN2O2. The number of amides is 1. The fourth-order valence-corrected chi connectivity index (χ4v) is 2.35. The number of anilines is 1. The third kappa shape index (κ3) is 1.75. The molecule has 90 valence electrons. The summed E-state index contributed by atoms with van der Waals surface area (Å²) in [4.78, 5) is 28.8. The molecule has 1 fully saturated rings. The molecule has 1 amide bonds. The number of aromatic nitrogens is 1. The van der Waals surface area contributed by atoms with E-state index >= 15 is 0 Å². The topological polar surface area (TPSA) is 50.3 Å². The molecule has 5 heteroatoms. The van der Waals surface area contributed by atoms with E-state index in [1.54, 1.807) is 6.07 Å². The molecule has 0 atom stereocenters. The molecule has 0 spiro atoms. The fourth-order valence-electron chi connectivity index (χ4n) is 2.15. The van der Waals surface area contributed by atoms with Crippen LogP contribution in [-0.2, 0) is 9.59 Å². The number of carbonyl (C=O) groups is 2. The maximum atomic E-state index is 11.8. The van der Waals surface area contributed by atoms with Crippen molar-refractivity contribution in [3.8, 4) is 0 Å². The first-order valence-electron chi connectivity index (χ1n) is 5.52. The van der Waals surface area contributed by atoms with Gasteiger partial charge in [-0.1, -0.05) is 29.8 Å². The summed E-state index contributed by atoms with van der Waals surface area (Å²) in [6.45, 7) is 0.114. The Hall–Kier alpha value is -1.94. The molecule has 1 aromatic carbocycles.